The molecule has 140 valence electrons. The van der Waals surface area contributed by atoms with Crippen molar-refractivity contribution in [3.05, 3.63) is 97.3 Å². The summed E-state index contributed by atoms with van der Waals surface area (Å²) in [4.78, 5) is 17.5. The van der Waals surface area contributed by atoms with Crippen LogP contribution in [0.3, 0.4) is 0 Å². The minimum Gasteiger partial charge on any atom is -0.350 e. The Labute approximate surface area is 167 Å². The predicted octanol–water partition coefficient (Wildman–Crippen LogP) is 4.49. The maximum absolute atomic E-state index is 4.67. The first kappa shape index (κ1) is 17.1. The quantitative estimate of drug-likeness (QED) is 0.488. The topological polar surface area (TPSA) is 68.5 Å². The second-order valence-electron chi connectivity index (χ2n) is 6.67. The molecule has 2 aromatic carbocycles. The number of aromatic nitrogens is 5. The number of hydrogen-bond acceptors (Lipinski definition) is 5. The Hall–Kier alpha value is -4.06. The molecule has 5 rings (SSSR count). The Morgan fingerprint density at radius 2 is 1.79 bits per heavy atom. The van der Waals surface area contributed by atoms with Crippen LogP contribution in [0.1, 0.15) is 5.56 Å². The van der Waals surface area contributed by atoms with E-state index in [2.05, 4.69) is 61.7 Å². The first-order valence-electron chi connectivity index (χ1n) is 9.34. The highest BCUT2D eigenvalue weighted by Gasteiger charge is 2.04. The zero-order valence-electron chi connectivity index (χ0n) is 15.6. The Morgan fingerprint density at radius 1 is 0.862 bits per heavy atom. The number of pyridine rings is 1. The van der Waals surface area contributed by atoms with Crippen molar-refractivity contribution in [1.29, 1.82) is 0 Å². The van der Waals surface area contributed by atoms with E-state index in [0.717, 1.165) is 33.4 Å². The second kappa shape index (κ2) is 7.52. The van der Waals surface area contributed by atoms with Crippen LogP contribution in [0.4, 0.5) is 5.95 Å². The van der Waals surface area contributed by atoms with E-state index in [1.807, 2.05) is 35.0 Å². The van der Waals surface area contributed by atoms with Gasteiger partial charge in [0.05, 0.1) is 17.5 Å². The van der Waals surface area contributed by atoms with Gasteiger partial charge in [-0.05, 0) is 42.0 Å². The van der Waals surface area contributed by atoms with Gasteiger partial charge in [0.15, 0.2) is 0 Å². The molecule has 5 aromatic rings. The average Bonchev–Trinajstić information content (AvgIpc) is 3.33. The molecule has 0 unspecified atom stereocenters. The molecule has 1 N–H and O–H groups in total. The summed E-state index contributed by atoms with van der Waals surface area (Å²) in [5, 5.41) is 4.40. The van der Waals surface area contributed by atoms with Gasteiger partial charge in [0.2, 0.25) is 5.95 Å². The lowest BCUT2D eigenvalue weighted by Gasteiger charge is -2.08. The Bertz CT molecular complexity index is 1250. The predicted molar refractivity (Wildman–Crippen MR) is 114 cm³/mol. The van der Waals surface area contributed by atoms with Gasteiger partial charge in [0.1, 0.15) is 0 Å². The summed E-state index contributed by atoms with van der Waals surface area (Å²) >= 11 is 0. The number of fused-ring (bicyclic) bond motifs is 1. The van der Waals surface area contributed by atoms with Crippen molar-refractivity contribution in [2.45, 2.75) is 6.54 Å². The third-order valence-corrected chi connectivity index (χ3v) is 4.74. The number of nitrogens with one attached hydrogen (secondary N) is 1. The summed E-state index contributed by atoms with van der Waals surface area (Å²) < 4.78 is 1.98. The van der Waals surface area contributed by atoms with Gasteiger partial charge in [-0.3, -0.25) is 4.98 Å². The minimum absolute atomic E-state index is 0.604. The van der Waals surface area contributed by atoms with Crippen molar-refractivity contribution < 1.29 is 0 Å². The van der Waals surface area contributed by atoms with Crippen molar-refractivity contribution in [3.63, 3.8) is 0 Å². The van der Waals surface area contributed by atoms with Crippen LogP contribution in [-0.4, -0.2) is 24.5 Å². The summed E-state index contributed by atoms with van der Waals surface area (Å²) in [5.41, 5.74) is 5.13. The van der Waals surface area contributed by atoms with Crippen molar-refractivity contribution in [3.8, 4) is 16.9 Å². The van der Waals surface area contributed by atoms with E-state index in [1.165, 1.54) is 0 Å². The van der Waals surface area contributed by atoms with Gasteiger partial charge in [0, 0.05) is 48.0 Å². The largest absolute Gasteiger partial charge is 0.350 e. The van der Waals surface area contributed by atoms with Crippen molar-refractivity contribution in [1.82, 2.24) is 24.5 Å². The summed E-state index contributed by atoms with van der Waals surface area (Å²) in [7, 11) is 0. The maximum Gasteiger partial charge on any atom is 0.223 e. The van der Waals surface area contributed by atoms with E-state index in [4.69, 9.17) is 0 Å². The number of anilines is 1. The molecular weight excluding hydrogens is 360 g/mol. The molecule has 3 heterocycles. The van der Waals surface area contributed by atoms with E-state index < -0.39 is 0 Å². The van der Waals surface area contributed by atoms with Crippen molar-refractivity contribution in [2.24, 2.45) is 0 Å². The van der Waals surface area contributed by atoms with Gasteiger partial charge < -0.3 is 9.88 Å². The van der Waals surface area contributed by atoms with Gasteiger partial charge in [-0.2, -0.15) is 0 Å². The fourth-order valence-electron chi connectivity index (χ4n) is 3.22. The van der Waals surface area contributed by atoms with Crippen LogP contribution in [0, 0.1) is 0 Å². The highest BCUT2D eigenvalue weighted by atomic mass is 15.1. The monoisotopic (exact) mass is 378 g/mol. The summed E-state index contributed by atoms with van der Waals surface area (Å²) in [6.07, 6.45) is 9.06. The van der Waals surface area contributed by atoms with Crippen LogP contribution in [0.5, 0.6) is 0 Å². The highest BCUT2D eigenvalue weighted by Crippen LogP contribution is 2.22. The standard InChI is InChI=1S/C23H18N6/c1-2-18-14-19(5-8-21(18)25-10-1)22-9-11-26-23(28-22)27-15-17-3-6-20(7-4-17)29-13-12-24-16-29/h1-14,16H,15H2,(H,26,27,28). The molecule has 0 fully saturated rings. The van der Waals surface area contributed by atoms with Gasteiger partial charge >= 0.3 is 0 Å². The summed E-state index contributed by atoms with van der Waals surface area (Å²) in [6, 6.07) is 20.4. The molecule has 0 bridgehead atoms. The molecule has 0 amide bonds. The van der Waals surface area contributed by atoms with Crippen molar-refractivity contribution >= 4 is 16.9 Å². The third-order valence-electron chi connectivity index (χ3n) is 4.74. The molecule has 0 saturated carbocycles. The molecule has 0 saturated heterocycles. The Kier molecular flexibility index (Phi) is 4.42. The van der Waals surface area contributed by atoms with E-state index in [1.54, 1.807) is 24.9 Å². The molecule has 6 heteroatoms. The summed E-state index contributed by atoms with van der Waals surface area (Å²) in [5.74, 6) is 0.604. The van der Waals surface area contributed by atoms with Crippen LogP contribution in [0.15, 0.2) is 91.8 Å². The fraction of sp³-hybridized carbons (Fsp3) is 0.0435. The fourth-order valence-corrected chi connectivity index (χ4v) is 3.22. The average molecular weight is 378 g/mol. The molecule has 0 aliphatic heterocycles. The van der Waals surface area contributed by atoms with Crippen LogP contribution in [-0.2, 0) is 6.54 Å². The van der Waals surface area contributed by atoms with Gasteiger partial charge in [-0.15, -0.1) is 0 Å². The molecule has 0 aliphatic carbocycles. The van der Waals surface area contributed by atoms with Crippen molar-refractivity contribution in [2.75, 3.05) is 5.32 Å². The maximum atomic E-state index is 4.67. The molecule has 0 radical (unpaired) electrons. The smallest absolute Gasteiger partial charge is 0.223 e. The first-order valence-corrected chi connectivity index (χ1v) is 9.34. The van der Waals surface area contributed by atoms with E-state index in [-0.39, 0.29) is 0 Å². The molecule has 0 atom stereocenters. The van der Waals surface area contributed by atoms with Crippen LogP contribution < -0.4 is 5.32 Å². The molecule has 3 aromatic heterocycles. The lowest BCUT2D eigenvalue weighted by molar-refractivity contribution is 1.03. The lowest BCUT2D eigenvalue weighted by atomic mass is 10.1. The van der Waals surface area contributed by atoms with Crippen LogP contribution in [0.2, 0.25) is 0 Å². The summed E-state index contributed by atoms with van der Waals surface area (Å²) in [6.45, 7) is 0.648. The highest BCUT2D eigenvalue weighted by molar-refractivity contribution is 5.83. The van der Waals surface area contributed by atoms with Gasteiger partial charge in [0.25, 0.3) is 0 Å². The zero-order chi connectivity index (χ0) is 19.5. The number of hydrogen-bond donors (Lipinski definition) is 1. The molecule has 29 heavy (non-hydrogen) atoms. The minimum atomic E-state index is 0.604. The molecular formula is C23H18N6. The Morgan fingerprint density at radius 3 is 2.66 bits per heavy atom. The van der Waals surface area contributed by atoms with Gasteiger partial charge in [-0.1, -0.05) is 24.3 Å². The Balaban J connectivity index is 1.32. The van der Waals surface area contributed by atoms with E-state index in [9.17, 15) is 0 Å². The number of rotatable bonds is 5. The van der Waals surface area contributed by atoms with Crippen LogP contribution in [0.25, 0.3) is 27.8 Å². The molecule has 0 spiro atoms. The number of benzene rings is 2. The van der Waals surface area contributed by atoms with E-state index >= 15 is 0 Å². The first-order chi connectivity index (χ1) is 14.3. The number of nitrogens with zero attached hydrogens (tertiary/aromatic N) is 5. The SMILES string of the molecule is c1cnc2ccc(-c3ccnc(NCc4ccc(-n5ccnc5)cc4)n3)cc2c1. The molecule has 6 nitrogen and oxygen atoms in total. The van der Waals surface area contributed by atoms with E-state index in [0.29, 0.717) is 12.5 Å². The molecule has 0 aliphatic rings. The van der Waals surface area contributed by atoms with Gasteiger partial charge in [-0.25, -0.2) is 15.0 Å². The zero-order valence-corrected chi connectivity index (χ0v) is 15.6. The number of imidazole rings is 1. The lowest BCUT2D eigenvalue weighted by Crippen LogP contribution is -2.04. The normalized spacial score (nSPS) is 10.9. The second-order valence-corrected chi connectivity index (χ2v) is 6.67. The third kappa shape index (κ3) is 3.68. The van der Waals surface area contributed by atoms with Crippen LogP contribution >= 0.6 is 0 Å².